The highest BCUT2D eigenvalue weighted by Crippen LogP contribution is 2.10. The van der Waals surface area contributed by atoms with Crippen molar-refractivity contribution in [2.75, 3.05) is 13.2 Å². The third-order valence-corrected chi connectivity index (χ3v) is 5.07. The van der Waals surface area contributed by atoms with Gasteiger partial charge in [0.25, 0.3) is 5.56 Å². The zero-order valence-corrected chi connectivity index (χ0v) is 18.2. The molecule has 3 rings (SSSR count). The minimum Gasteiger partial charge on any atom is -0.448 e. The highest BCUT2D eigenvalue weighted by molar-refractivity contribution is 6.28. The molecule has 0 unspecified atom stereocenters. The van der Waals surface area contributed by atoms with E-state index in [0.29, 0.717) is 19.5 Å². The molecule has 0 spiro atoms. The lowest BCUT2D eigenvalue weighted by atomic mass is 10.1. The number of hydrogen-bond donors (Lipinski definition) is 2. The molecule has 9 nitrogen and oxygen atoms in total. The van der Waals surface area contributed by atoms with Crippen molar-refractivity contribution in [1.82, 2.24) is 24.4 Å². The summed E-state index contributed by atoms with van der Waals surface area (Å²) in [5.41, 5.74) is 0.467. The zero-order valence-electron chi connectivity index (χ0n) is 17.4. The quantitative estimate of drug-likeness (QED) is 0.366. The Balaban J connectivity index is 1.63. The molecule has 166 valence electrons. The molecule has 2 heterocycles. The number of benzene rings is 1. The van der Waals surface area contributed by atoms with E-state index in [1.54, 1.807) is 0 Å². The molecule has 0 fully saturated rings. The Kier molecular flexibility index (Phi) is 7.88. The van der Waals surface area contributed by atoms with Gasteiger partial charge < -0.3 is 15.0 Å². The van der Waals surface area contributed by atoms with E-state index in [2.05, 4.69) is 22.2 Å². The minimum atomic E-state index is -0.599. The number of carbonyl (C=O) groups is 1. The van der Waals surface area contributed by atoms with E-state index in [1.807, 2.05) is 30.3 Å². The predicted molar refractivity (Wildman–Crippen MR) is 119 cm³/mol. The van der Waals surface area contributed by atoms with Crippen molar-refractivity contribution in [1.29, 1.82) is 0 Å². The van der Waals surface area contributed by atoms with Gasteiger partial charge in [-0.25, -0.2) is 9.59 Å². The smallest absolute Gasteiger partial charge is 0.407 e. The molecule has 0 aliphatic rings. The van der Waals surface area contributed by atoms with Crippen LogP contribution in [0.2, 0.25) is 5.28 Å². The number of nitrogens with zero attached hydrogens (tertiary/aromatic N) is 3. The summed E-state index contributed by atoms with van der Waals surface area (Å²) in [6.45, 7) is 2.73. The molecule has 3 aromatic rings. The van der Waals surface area contributed by atoms with Gasteiger partial charge >= 0.3 is 11.8 Å². The molecule has 0 saturated carbocycles. The third kappa shape index (κ3) is 5.75. The van der Waals surface area contributed by atoms with Gasteiger partial charge in [-0.05, 0) is 30.0 Å². The van der Waals surface area contributed by atoms with Crippen LogP contribution in [0.1, 0.15) is 31.7 Å². The van der Waals surface area contributed by atoms with Gasteiger partial charge in [-0.2, -0.15) is 4.98 Å². The highest BCUT2D eigenvalue weighted by Gasteiger charge is 2.17. The first-order valence-electron chi connectivity index (χ1n) is 10.3. The number of unbranched alkanes of at least 4 members (excludes halogenated alkanes) is 2. The molecular formula is C21H26ClN5O4. The van der Waals surface area contributed by atoms with Crippen LogP contribution in [0.15, 0.2) is 39.9 Å². The van der Waals surface area contributed by atoms with E-state index in [9.17, 15) is 14.4 Å². The second-order valence-corrected chi connectivity index (χ2v) is 7.48. The second kappa shape index (κ2) is 10.8. The number of imidazole rings is 1. The Labute approximate surface area is 184 Å². The van der Waals surface area contributed by atoms with Crippen LogP contribution >= 0.6 is 11.6 Å². The number of aryl methyl sites for hydroxylation is 1. The van der Waals surface area contributed by atoms with Crippen molar-refractivity contribution >= 4 is 28.9 Å². The van der Waals surface area contributed by atoms with E-state index in [4.69, 9.17) is 16.3 Å². The SMILES string of the molecule is CCCCCn1c(=O)n(CCOC(=O)NCCc2ccccc2)c(=O)c2[nH]c(Cl)nc21. The minimum absolute atomic E-state index is 0.0440. The van der Waals surface area contributed by atoms with E-state index in [1.165, 1.54) is 4.57 Å². The van der Waals surface area contributed by atoms with E-state index in [0.717, 1.165) is 29.4 Å². The van der Waals surface area contributed by atoms with Crippen LogP contribution in [0.25, 0.3) is 11.2 Å². The van der Waals surface area contributed by atoms with Crippen molar-refractivity contribution < 1.29 is 9.53 Å². The van der Waals surface area contributed by atoms with Crippen molar-refractivity contribution in [3.63, 3.8) is 0 Å². The number of aromatic amines is 1. The second-order valence-electron chi connectivity index (χ2n) is 7.12. The third-order valence-electron chi connectivity index (χ3n) is 4.89. The Morgan fingerprint density at radius 3 is 2.68 bits per heavy atom. The zero-order chi connectivity index (χ0) is 22.2. The fraction of sp³-hybridized carbons (Fsp3) is 0.429. The number of rotatable bonds is 10. The number of H-pyrrole nitrogens is 1. The number of hydrogen-bond acceptors (Lipinski definition) is 5. The van der Waals surface area contributed by atoms with Crippen LogP contribution in [0, 0.1) is 0 Å². The summed E-state index contributed by atoms with van der Waals surface area (Å²) < 4.78 is 7.62. The normalized spacial score (nSPS) is 11.0. The molecule has 0 aliphatic heterocycles. The molecule has 1 amide bonds. The number of alkyl carbamates (subject to hydrolysis) is 1. The molecule has 31 heavy (non-hydrogen) atoms. The van der Waals surface area contributed by atoms with Gasteiger partial charge in [0.2, 0.25) is 5.28 Å². The van der Waals surface area contributed by atoms with E-state index < -0.39 is 17.3 Å². The largest absolute Gasteiger partial charge is 0.448 e. The summed E-state index contributed by atoms with van der Waals surface area (Å²) in [7, 11) is 0. The van der Waals surface area contributed by atoms with Gasteiger partial charge in [-0.3, -0.25) is 13.9 Å². The van der Waals surface area contributed by atoms with Gasteiger partial charge in [-0.1, -0.05) is 50.1 Å². The van der Waals surface area contributed by atoms with E-state index >= 15 is 0 Å². The number of aromatic nitrogens is 4. The molecule has 1 aromatic carbocycles. The lowest BCUT2D eigenvalue weighted by Crippen LogP contribution is -2.41. The molecule has 0 atom stereocenters. The molecule has 0 radical (unpaired) electrons. The summed E-state index contributed by atoms with van der Waals surface area (Å²) in [4.78, 5) is 44.3. The molecule has 2 aromatic heterocycles. The van der Waals surface area contributed by atoms with Crippen molar-refractivity contribution in [2.45, 2.75) is 45.7 Å². The van der Waals surface area contributed by atoms with Crippen molar-refractivity contribution in [2.24, 2.45) is 0 Å². The van der Waals surface area contributed by atoms with Gasteiger partial charge in [0.15, 0.2) is 11.2 Å². The Morgan fingerprint density at radius 1 is 1.16 bits per heavy atom. The molecule has 0 saturated heterocycles. The first-order valence-corrected chi connectivity index (χ1v) is 10.7. The lowest BCUT2D eigenvalue weighted by Gasteiger charge is -2.12. The summed E-state index contributed by atoms with van der Waals surface area (Å²) in [5.74, 6) is 0. The molecule has 0 aliphatic carbocycles. The average Bonchev–Trinajstić information content (AvgIpc) is 3.15. The van der Waals surface area contributed by atoms with Crippen molar-refractivity contribution in [3.8, 4) is 0 Å². The Hall–Kier alpha value is -3.07. The maximum absolute atomic E-state index is 12.9. The first-order chi connectivity index (χ1) is 15.0. The Morgan fingerprint density at radius 2 is 1.94 bits per heavy atom. The van der Waals surface area contributed by atoms with Crippen LogP contribution < -0.4 is 16.6 Å². The standard InChI is InChI=1S/C21H26ClN5O4/c1-2-3-7-12-26-17-16(24-19(22)25-17)18(28)27(21(26)30)13-14-31-20(29)23-11-10-15-8-5-4-6-9-15/h4-6,8-9H,2-3,7,10-14H2,1H3,(H,23,29)(H,24,25). The topological polar surface area (TPSA) is 111 Å². The Bertz CT molecular complexity index is 1140. The van der Waals surface area contributed by atoms with Crippen LogP contribution in [0.5, 0.6) is 0 Å². The first kappa shape index (κ1) is 22.6. The summed E-state index contributed by atoms with van der Waals surface area (Å²) in [6, 6.07) is 9.75. The maximum atomic E-state index is 12.9. The van der Waals surface area contributed by atoms with Crippen LogP contribution in [-0.2, 0) is 24.2 Å². The number of nitrogens with one attached hydrogen (secondary N) is 2. The fourth-order valence-electron chi connectivity index (χ4n) is 3.29. The highest BCUT2D eigenvalue weighted by atomic mass is 35.5. The van der Waals surface area contributed by atoms with Gasteiger partial charge in [0, 0.05) is 13.1 Å². The van der Waals surface area contributed by atoms with Crippen molar-refractivity contribution in [3.05, 3.63) is 62.0 Å². The summed E-state index contributed by atoms with van der Waals surface area (Å²) in [6.07, 6.45) is 2.78. The number of ether oxygens (including phenoxy) is 1. The van der Waals surface area contributed by atoms with Gasteiger partial charge in [-0.15, -0.1) is 0 Å². The van der Waals surface area contributed by atoms with Gasteiger partial charge in [0.1, 0.15) is 6.61 Å². The number of carbonyl (C=O) groups excluding carboxylic acids is 1. The predicted octanol–water partition coefficient (Wildman–Crippen LogP) is 2.70. The average molecular weight is 448 g/mol. The van der Waals surface area contributed by atoms with Crippen LogP contribution in [0.3, 0.4) is 0 Å². The molecule has 0 bridgehead atoms. The van der Waals surface area contributed by atoms with Crippen LogP contribution in [-0.4, -0.2) is 38.3 Å². The fourth-order valence-corrected chi connectivity index (χ4v) is 3.47. The number of amides is 1. The lowest BCUT2D eigenvalue weighted by molar-refractivity contribution is 0.141. The maximum Gasteiger partial charge on any atom is 0.407 e. The number of fused-ring (bicyclic) bond motifs is 1. The van der Waals surface area contributed by atoms with Gasteiger partial charge in [0.05, 0.1) is 6.54 Å². The molecule has 2 N–H and O–H groups in total. The number of halogens is 1. The summed E-state index contributed by atoms with van der Waals surface area (Å²) in [5, 5.41) is 2.70. The molecule has 10 heteroatoms. The summed E-state index contributed by atoms with van der Waals surface area (Å²) >= 11 is 5.92. The van der Waals surface area contributed by atoms with Crippen LogP contribution in [0.4, 0.5) is 4.79 Å². The molecular weight excluding hydrogens is 422 g/mol. The van der Waals surface area contributed by atoms with E-state index in [-0.39, 0.29) is 29.6 Å². The monoisotopic (exact) mass is 447 g/mol.